The molecule has 1 aliphatic carbocycles. The van der Waals surface area contributed by atoms with Crippen molar-refractivity contribution in [2.45, 2.75) is 45.4 Å². The lowest BCUT2D eigenvalue weighted by atomic mass is 9.70. The van der Waals surface area contributed by atoms with Gasteiger partial charge in [-0.1, -0.05) is 49.7 Å². The summed E-state index contributed by atoms with van der Waals surface area (Å²) in [5.41, 5.74) is 8.54. The predicted octanol–water partition coefficient (Wildman–Crippen LogP) is 4.61. The Labute approximate surface area is 120 Å². The summed E-state index contributed by atoms with van der Waals surface area (Å²) in [6.45, 7) is 4.76. The summed E-state index contributed by atoms with van der Waals surface area (Å²) >= 11 is 0. The van der Waals surface area contributed by atoms with Gasteiger partial charge in [-0.05, 0) is 36.2 Å². The van der Waals surface area contributed by atoms with Crippen molar-refractivity contribution in [2.24, 2.45) is 5.41 Å². The Morgan fingerprint density at radius 1 is 1.25 bits per heavy atom. The number of rotatable bonds is 2. The lowest BCUT2D eigenvalue weighted by Gasteiger charge is -2.35. The molecule has 0 radical (unpaired) electrons. The third kappa shape index (κ3) is 2.72. The minimum atomic E-state index is 0.429. The summed E-state index contributed by atoms with van der Waals surface area (Å²) in [5.74, 6) is 1.85. The van der Waals surface area contributed by atoms with Crippen molar-refractivity contribution < 1.29 is 4.52 Å². The van der Waals surface area contributed by atoms with Gasteiger partial charge < -0.3 is 10.3 Å². The maximum Gasteiger partial charge on any atom is 0.169 e. The lowest BCUT2D eigenvalue weighted by molar-refractivity contribution is 0.219. The van der Waals surface area contributed by atoms with Crippen molar-refractivity contribution in [1.82, 2.24) is 5.16 Å². The molecule has 1 aromatic heterocycles. The fraction of sp³-hybridized carbons (Fsp3) is 0.471. The molecule has 1 aromatic carbocycles. The van der Waals surface area contributed by atoms with Gasteiger partial charge in [-0.3, -0.25) is 0 Å². The van der Waals surface area contributed by atoms with E-state index in [0.29, 0.717) is 17.2 Å². The summed E-state index contributed by atoms with van der Waals surface area (Å²) in [5, 5.41) is 3.73. The van der Waals surface area contributed by atoms with Gasteiger partial charge in [0.2, 0.25) is 0 Å². The molecule has 1 fully saturated rings. The number of anilines is 1. The second kappa shape index (κ2) is 4.97. The van der Waals surface area contributed by atoms with E-state index in [1.807, 2.05) is 0 Å². The van der Waals surface area contributed by atoms with E-state index in [4.69, 9.17) is 10.3 Å². The zero-order chi connectivity index (χ0) is 14.2. The van der Waals surface area contributed by atoms with Crippen molar-refractivity contribution in [2.75, 3.05) is 5.73 Å². The molecule has 20 heavy (non-hydrogen) atoms. The van der Waals surface area contributed by atoms with E-state index in [9.17, 15) is 0 Å². The van der Waals surface area contributed by atoms with Gasteiger partial charge in [0.15, 0.2) is 11.6 Å². The Balaban J connectivity index is 1.79. The lowest BCUT2D eigenvalue weighted by Crippen LogP contribution is -2.21. The second-order valence-corrected chi connectivity index (χ2v) is 6.70. The number of hydrogen-bond acceptors (Lipinski definition) is 3. The topological polar surface area (TPSA) is 52.0 Å². The van der Waals surface area contributed by atoms with E-state index in [1.54, 1.807) is 6.07 Å². The van der Waals surface area contributed by atoms with Gasteiger partial charge in [-0.25, -0.2) is 0 Å². The summed E-state index contributed by atoms with van der Waals surface area (Å²) in [6.07, 6.45) is 5.26. The molecule has 1 heterocycles. The van der Waals surface area contributed by atoms with Crippen LogP contribution in [0.4, 0.5) is 5.82 Å². The summed E-state index contributed by atoms with van der Waals surface area (Å²) < 4.78 is 5.19. The van der Waals surface area contributed by atoms with E-state index in [2.05, 4.69) is 43.3 Å². The van der Waals surface area contributed by atoms with Crippen LogP contribution in [0.25, 0.3) is 11.3 Å². The highest BCUT2D eigenvalue weighted by molar-refractivity contribution is 5.60. The van der Waals surface area contributed by atoms with E-state index in [-0.39, 0.29) is 0 Å². The van der Waals surface area contributed by atoms with Gasteiger partial charge >= 0.3 is 0 Å². The molecule has 1 atom stereocenters. The largest absolute Gasteiger partial charge is 0.381 e. The van der Waals surface area contributed by atoms with Gasteiger partial charge in [0.05, 0.1) is 0 Å². The molecule has 3 rings (SSSR count). The van der Waals surface area contributed by atoms with E-state index in [1.165, 1.54) is 31.2 Å². The SMILES string of the molecule is CC1(C)CCCC(c2ccc(-c3cc(N)no3)cc2)C1. The average molecular weight is 270 g/mol. The van der Waals surface area contributed by atoms with Crippen LogP contribution in [0.1, 0.15) is 51.0 Å². The zero-order valence-corrected chi connectivity index (χ0v) is 12.2. The third-order valence-corrected chi connectivity index (χ3v) is 4.40. The van der Waals surface area contributed by atoms with Crippen molar-refractivity contribution in [1.29, 1.82) is 0 Å². The molecule has 1 saturated carbocycles. The highest BCUT2D eigenvalue weighted by Crippen LogP contribution is 2.43. The maximum atomic E-state index is 5.59. The van der Waals surface area contributed by atoms with E-state index in [0.717, 1.165) is 11.3 Å². The van der Waals surface area contributed by atoms with Gasteiger partial charge in [0, 0.05) is 11.6 Å². The van der Waals surface area contributed by atoms with E-state index >= 15 is 0 Å². The Kier molecular flexibility index (Phi) is 3.28. The Morgan fingerprint density at radius 2 is 2.00 bits per heavy atom. The molecular weight excluding hydrogens is 248 g/mol. The van der Waals surface area contributed by atoms with Crippen molar-refractivity contribution in [3.05, 3.63) is 35.9 Å². The number of nitrogens with two attached hydrogens (primary N) is 1. The summed E-state index contributed by atoms with van der Waals surface area (Å²) in [6, 6.07) is 10.4. The molecule has 0 saturated heterocycles. The van der Waals surface area contributed by atoms with Crippen molar-refractivity contribution in [3.8, 4) is 11.3 Å². The molecule has 1 unspecified atom stereocenters. The van der Waals surface area contributed by atoms with Gasteiger partial charge in [0.25, 0.3) is 0 Å². The Morgan fingerprint density at radius 3 is 2.60 bits per heavy atom. The monoisotopic (exact) mass is 270 g/mol. The molecule has 0 amide bonds. The maximum absolute atomic E-state index is 5.59. The fourth-order valence-electron chi connectivity index (χ4n) is 3.33. The first-order valence-electron chi connectivity index (χ1n) is 7.36. The van der Waals surface area contributed by atoms with Gasteiger partial charge in [0.1, 0.15) is 0 Å². The highest BCUT2D eigenvalue weighted by Gasteiger charge is 2.28. The number of nitrogen functional groups attached to an aromatic ring is 1. The normalized spacial score (nSPS) is 21.8. The molecular formula is C17H22N2O. The number of benzene rings is 1. The van der Waals surface area contributed by atoms with Crippen LogP contribution in [-0.2, 0) is 0 Å². The van der Waals surface area contributed by atoms with Crippen molar-refractivity contribution >= 4 is 5.82 Å². The second-order valence-electron chi connectivity index (χ2n) is 6.70. The smallest absolute Gasteiger partial charge is 0.169 e. The van der Waals surface area contributed by atoms with Crippen LogP contribution in [0.3, 0.4) is 0 Å². The van der Waals surface area contributed by atoms with E-state index < -0.39 is 0 Å². The molecule has 3 heteroatoms. The molecule has 106 valence electrons. The molecule has 1 aliphatic rings. The van der Waals surface area contributed by atoms with Crippen LogP contribution < -0.4 is 5.73 Å². The zero-order valence-electron chi connectivity index (χ0n) is 12.2. The first-order valence-corrected chi connectivity index (χ1v) is 7.36. The standard InChI is InChI=1S/C17H22N2O/c1-17(2)9-3-4-14(11-17)12-5-7-13(8-6-12)15-10-16(18)19-20-15/h5-8,10,14H,3-4,9,11H2,1-2H3,(H2,18,19). The number of nitrogens with zero attached hydrogens (tertiary/aromatic N) is 1. The predicted molar refractivity (Wildman–Crippen MR) is 81.3 cm³/mol. The Bertz CT molecular complexity index is 583. The van der Waals surface area contributed by atoms with Crippen LogP contribution in [-0.4, -0.2) is 5.16 Å². The van der Waals surface area contributed by atoms with Crippen LogP contribution in [0.2, 0.25) is 0 Å². The first kappa shape index (κ1) is 13.2. The van der Waals surface area contributed by atoms with Crippen LogP contribution in [0.5, 0.6) is 0 Å². The molecule has 2 aromatic rings. The first-order chi connectivity index (χ1) is 9.53. The number of aromatic nitrogens is 1. The Hall–Kier alpha value is -1.77. The molecule has 0 spiro atoms. The molecule has 3 nitrogen and oxygen atoms in total. The number of hydrogen-bond donors (Lipinski definition) is 1. The molecule has 2 N–H and O–H groups in total. The molecule has 0 aliphatic heterocycles. The molecule has 0 bridgehead atoms. The highest BCUT2D eigenvalue weighted by atomic mass is 16.5. The van der Waals surface area contributed by atoms with Crippen LogP contribution >= 0.6 is 0 Å². The van der Waals surface area contributed by atoms with Crippen molar-refractivity contribution in [3.63, 3.8) is 0 Å². The summed E-state index contributed by atoms with van der Waals surface area (Å²) in [7, 11) is 0. The minimum absolute atomic E-state index is 0.429. The summed E-state index contributed by atoms with van der Waals surface area (Å²) in [4.78, 5) is 0. The third-order valence-electron chi connectivity index (χ3n) is 4.40. The van der Waals surface area contributed by atoms with Crippen LogP contribution in [0.15, 0.2) is 34.9 Å². The minimum Gasteiger partial charge on any atom is -0.381 e. The van der Waals surface area contributed by atoms with Crippen LogP contribution in [0, 0.1) is 5.41 Å². The van der Waals surface area contributed by atoms with Gasteiger partial charge in [-0.2, -0.15) is 0 Å². The average Bonchev–Trinajstić information content (AvgIpc) is 2.84. The quantitative estimate of drug-likeness (QED) is 0.867. The fourth-order valence-corrected chi connectivity index (χ4v) is 3.33. The van der Waals surface area contributed by atoms with Gasteiger partial charge in [-0.15, -0.1) is 0 Å².